The molecule has 0 radical (unpaired) electrons. The summed E-state index contributed by atoms with van der Waals surface area (Å²) in [5.74, 6) is 0.831. The molecule has 1 atom stereocenters. The van der Waals surface area contributed by atoms with Crippen molar-refractivity contribution in [3.8, 4) is 0 Å². The molecule has 1 aliphatic rings. The van der Waals surface area contributed by atoms with E-state index >= 15 is 0 Å². The summed E-state index contributed by atoms with van der Waals surface area (Å²) in [6.07, 6.45) is 5.77. The highest BCUT2D eigenvalue weighted by molar-refractivity contribution is 5.03. The lowest BCUT2D eigenvalue weighted by Crippen LogP contribution is -2.60. The van der Waals surface area contributed by atoms with Gasteiger partial charge in [-0.2, -0.15) is 4.80 Å². The predicted octanol–water partition coefficient (Wildman–Crippen LogP) is 0.995. The van der Waals surface area contributed by atoms with Crippen LogP contribution in [0.4, 0.5) is 0 Å². The van der Waals surface area contributed by atoms with Crippen LogP contribution in [0.2, 0.25) is 0 Å². The molecule has 0 amide bonds. The number of nitrogens with one attached hydrogen (secondary N) is 1. The van der Waals surface area contributed by atoms with E-state index in [1.54, 1.807) is 0 Å². The van der Waals surface area contributed by atoms with Gasteiger partial charge in [-0.25, -0.2) is 0 Å². The van der Waals surface area contributed by atoms with E-state index in [9.17, 15) is 0 Å². The fourth-order valence-corrected chi connectivity index (χ4v) is 3.72. The molecule has 0 aliphatic carbocycles. The molecule has 6 nitrogen and oxygen atoms in total. The fourth-order valence-electron chi connectivity index (χ4n) is 3.72. The van der Waals surface area contributed by atoms with E-state index < -0.39 is 0 Å². The summed E-state index contributed by atoms with van der Waals surface area (Å²) >= 11 is 0. The first-order valence-corrected chi connectivity index (χ1v) is 7.81. The van der Waals surface area contributed by atoms with Crippen molar-refractivity contribution >= 4 is 0 Å². The maximum absolute atomic E-state index is 4.34. The zero-order chi connectivity index (χ0) is 14.6. The smallest absolute Gasteiger partial charge is 0.176 e. The minimum atomic E-state index is 0.199. The van der Waals surface area contributed by atoms with Gasteiger partial charge in [-0.15, -0.1) is 10.2 Å². The largest absolute Gasteiger partial charge is 0.315 e. The fraction of sp³-hybridized carbons (Fsp3) is 0.929. The van der Waals surface area contributed by atoms with E-state index in [0.717, 1.165) is 25.1 Å². The van der Waals surface area contributed by atoms with Gasteiger partial charge in [0.2, 0.25) is 0 Å². The number of rotatable bonds is 7. The van der Waals surface area contributed by atoms with Gasteiger partial charge >= 0.3 is 0 Å². The Bertz CT molecular complexity index is 406. The first-order valence-electron chi connectivity index (χ1n) is 7.81. The highest BCUT2D eigenvalue weighted by Crippen LogP contribution is 2.32. The number of nitrogens with zero attached hydrogens (tertiary/aromatic N) is 5. The second-order valence-electron chi connectivity index (χ2n) is 5.75. The van der Waals surface area contributed by atoms with Crippen molar-refractivity contribution in [2.24, 2.45) is 7.05 Å². The third kappa shape index (κ3) is 2.86. The molecule has 2 heterocycles. The average molecular weight is 280 g/mol. The zero-order valence-corrected chi connectivity index (χ0v) is 13.3. The molecule has 1 N–H and O–H groups in total. The van der Waals surface area contributed by atoms with Crippen LogP contribution in [-0.2, 0) is 13.5 Å². The number of tetrazole rings is 1. The monoisotopic (exact) mass is 280 g/mol. The molecule has 0 aromatic carbocycles. The van der Waals surface area contributed by atoms with Crippen molar-refractivity contribution in [1.29, 1.82) is 0 Å². The van der Waals surface area contributed by atoms with Crippen molar-refractivity contribution in [1.82, 2.24) is 30.4 Å². The molecule has 0 spiro atoms. The molecule has 0 saturated carbocycles. The van der Waals surface area contributed by atoms with Crippen molar-refractivity contribution in [2.75, 3.05) is 20.1 Å². The maximum Gasteiger partial charge on any atom is 0.176 e. The Balaban J connectivity index is 2.19. The lowest BCUT2D eigenvalue weighted by atomic mass is 9.81. The molecule has 0 bridgehead atoms. The minimum Gasteiger partial charge on any atom is -0.315 e. The summed E-state index contributed by atoms with van der Waals surface area (Å²) < 4.78 is 0. The highest BCUT2D eigenvalue weighted by atomic mass is 15.6. The van der Waals surface area contributed by atoms with Gasteiger partial charge in [0.1, 0.15) is 0 Å². The molecule has 114 valence electrons. The van der Waals surface area contributed by atoms with Crippen LogP contribution in [0.25, 0.3) is 0 Å². The Kier molecular flexibility index (Phi) is 5.10. The molecule has 1 fully saturated rings. The zero-order valence-electron chi connectivity index (χ0n) is 13.3. The normalized spacial score (nSPS) is 18.6. The van der Waals surface area contributed by atoms with Crippen LogP contribution < -0.4 is 5.32 Å². The lowest BCUT2D eigenvalue weighted by molar-refractivity contribution is 0.0642. The van der Waals surface area contributed by atoms with E-state index in [1.807, 2.05) is 7.05 Å². The Morgan fingerprint density at radius 1 is 1.25 bits per heavy atom. The van der Waals surface area contributed by atoms with Crippen LogP contribution in [0, 0.1) is 0 Å². The van der Waals surface area contributed by atoms with Crippen molar-refractivity contribution in [2.45, 2.75) is 57.5 Å². The molecule has 1 aromatic rings. The Morgan fingerprint density at radius 3 is 2.35 bits per heavy atom. The third-order valence-corrected chi connectivity index (χ3v) is 4.89. The van der Waals surface area contributed by atoms with E-state index in [4.69, 9.17) is 0 Å². The topological polar surface area (TPSA) is 58.9 Å². The standard InChI is InChI=1S/C14H28N6/c1-5-14(6-2,20-9-7-8-10-20)12(15-3)11-13-16-18-19(4)17-13/h12,15H,5-11H2,1-4H3. The van der Waals surface area contributed by atoms with Gasteiger partial charge in [0.05, 0.1) is 7.05 Å². The number of hydrogen-bond acceptors (Lipinski definition) is 5. The van der Waals surface area contributed by atoms with Crippen LogP contribution in [0.15, 0.2) is 0 Å². The van der Waals surface area contributed by atoms with Crippen LogP contribution in [0.5, 0.6) is 0 Å². The summed E-state index contributed by atoms with van der Waals surface area (Å²) in [6.45, 7) is 7.04. The molecule has 1 unspecified atom stereocenters. The van der Waals surface area contributed by atoms with Gasteiger partial charge in [-0.3, -0.25) is 4.90 Å². The van der Waals surface area contributed by atoms with Gasteiger partial charge in [0.15, 0.2) is 5.82 Å². The number of aromatic nitrogens is 4. The van der Waals surface area contributed by atoms with Crippen molar-refractivity contribution in [3.63, 3.8) is 0 Å². The first-order chi connectivity index (χ1) is 9.66. The van der Waals surface area contributed by atoms with Gasteiger partial charge < -0.3 is 5.32 Å². The Hall–Kier alpha value is -1.01. The maximum atomic E-state index is 4.34. The average Bonchev–Trinajstić information content (AvgIpc) is 3.11. The lowest BCUT2D eigenvalue weighted by Gasteiger charge is -2.46. The van der Waals surface area contributed by atoms with Gasteiger partial charge in [0.25, 0.3) is 0 Å². The molecule has 2 rings (SSSR count). The molecular formula is C14H28N6. The first kappa shape index (κ1) is 15.4. The predicted molar refractivity (Wildman–Crippen MR) is 79.5 cm³/mol. The van der Waals surface area contributed by atoms with E-state index in [-0.39, 0.29) is 5.54 Å². The Labute approximate surface area is 121 Å². The van der Waals surface area contributed by atoms with Crippen LogP contribution >= 0.6 is 0 Å². The molecule has 1 saturated heterocycles. The molecule has 6 heteroatoms. The highest BCUT2D eigenvalue weighted by Gasteiger charge is 2.41. The molecule has 1 aliphatic heterocycles. The van der Waals surface area contributed by atoms with E-state index in [2.05, 4.69) is 46.5 Å². The van der Waals surface area contributed by atoms with Gasteiger partial charge in [0, 0.05) is 18.0 Å². The van der Waals surface area contributed by atoms with Gasteiger partial charge in [-0.05, 0) is 51.0 Å². The third-order valence-electron chi connectivity index (χ3n) is 4.89. The Morgan fingerprint density at radius 2 is 1.90 bits per heavy atom. The number of likely N-dealkylation sites (N-methyl/N-ethyl adjacent to an activating group) is 1. The van der Waals surface area contributed by atoms with Crippen LogP contribution in [-0.4, -0.2) is 56.8 Å². The SMILES string of the molecule is CCC(CC)(C(Cc1nnn(C)n1)NC)N1CCCC1. The van der Waals surface area contributed by atoms with Gasteiger partial charge in [-0.1, -0.05) is 13.8 Å². The van der Waals surface area contributed by atoms with Crippen molar-refractivity contribution in [3.05, 3.63) is 5.82 Å². The number of likely N-dealkylation sites (tertiary alicyclic amines) is 1. The number of hydrogen-bond donors (Lipinski definition) is 1. The summed E-state index contributed by atoms with van der Waals surface area (Å²) in [5.41, 5.74) is 0.199. The summed E-state index contributed by atoms with van der Waals surface area (Å²) in [5, 5.41) is 16.0. The van der Waals surface area contributed by atoms with E-state index in [1.165, 1.54) is 30.7 Å². The molecular weight excluding hydrogens is 252 g/mol. The second kappa shape index (κ2) is 6.63. The quantitative estimate of drug-likeness (QED) is 0.807. The minimum absolute atomic E-state index is 0.199. The summed E-state index contributed by atoms with van der Waals surface area (Å²) in [6, 6.07) is 0.361. The van der Waals surface area contributed by atoms with E-state index in [0.29, 0.717) is 6.04 Å². The summed E-state index contributed by atoms with van der Waals surface area (Å²) in [4.78, 5) is 4.21. The number of aryl methyl sites for hydroxylation is 1. The van der Waals surface area contributed by atoms with Crippen LogP contribution in [0.1, 0.15) is 45.4 Å². The molecule has 20 heavy (non-hydrogen) atoms. The molecule has 1 aromatic heterocycles. The van der Waals surface area contributed by atoms with Crippen LogP contribution in [0.3, 0.4) is 0 Å². The van der Waals surface area contributed by atoms with Crippen molar-refractivity contribution < 1.29 is 0 Å². The summed E-state index contributed by atoms with van der Waals surface area (Å²) in [7, 11) is 3.87. The second-order valence-corrected chi connectivity index (χ2v) is 5.75.